The van der Waals surface area contributed by atoms with Gasteiger partial charge in [-0.2, -0.15) is 13.2 Å². The highest BCUT2D eigenvalue weighted by Crippen LogP contribution is 2.38. The normalized spacial score (nSPS) is 15.5. The number of carbonyl (C=O) groups excluding carboxylic acids is 3. The molecule has 10 heteroatoms. The van der Waals surface area contributed by atoms with Crippen molar-refractivity contribution in [3.8, 4) is 0 Å². The van der Waals surface area contributed by atoms with Gasteiger partial charge in [0.05, 0.1) is 11.3 Å². The summed E-state index contributed by atoms with van der Waals surface area (Å²) in [6, 6.07) is 10.9. The third-order valence-corrected chi connectivity index (χ3v) is 6.30. The first-order valence-electron chi connectivity index (χ1n) is 11.1. The predicted molar refractivity (Wildman–Crippen MR) is 125 cm³/mol. The van der Waals surface area contributed by atoms with E-state index >= 15 is 0 Å². The van der Waals surface area contributed by atoms with E-state index in [1.807, 2.05) is 6.92 Å². The lowest BCUT2D eigenvalue weighted by atomic mass is 9.96. The molecule has 5 nitrogen and oxygen atoms in total. The van der Waals surface area contributed by atoms with E-state index in [1.165, 1.54) is 19.9 Å². The van der Waals surface area contributed by atoms with Crippen molar-refractivity contribution in [3.63, 3.8) is 0 Å². The fourth-order valence-corrected chi connectivity index (χ4v) is 4.13. The van der Waals surface area contributed by atoms with Gasteiger partial charge in [-0.25, -0.2) is 18.5 Å². The van der Waals surface area contributed by atoms with Gasteiger partial charge in [0.25, 0.3) is 5.91 Å². The second-order valence-corrected chi connectivity index (χ2v) is 9.23. The summed E-state index contributed by atoms with van der Waals surface area (Å²) in [6.07, 6.45) is -5.04. The molecule has 1 fully saturated rings. The van der Waals surface area contributed by atoms with E-state index in [4.69, 9.17) is 0 Å². The average molecular weight is 516 g/mol. The van der Waals surface area contributed by atoms with Crippen LogP contribution >= 0.6 is 0 Å². The van der Waals surface area contributed by atoms with Crippen LogP contribution in [0.15, 0.2) is 60.7 Å². The highest BCUT2D eigenvalue weighted by Gasteiger charge is 2.52. The van der Waals surface area contributed by atoms with Crippen LogP contribution in [0.5, 0.6) is 0 Å². The highest BCUT2D eigenvalue weighted by atomic mass is 19.4. The molecule has 3 amide bonds. The maximum atomic E-state index is 14.1. The van der Waals surface area contributed by atoms with Crippen LogP contribution in [0.2, 0.25) is 0 Å². The summed E-state index contributed by atoms with van der Waals surface area (Å²) < 4.78 is 67.6. The van der Waals surface area contributed by atoms with Crippen LogP contribution in [0, 0.1) is 18.6 Å². The third-order valence-electron chi connectivity index (χ3n) is 6.30. The molecular formula is C27H21F5N2O3. The van der Waals surface area contributed by atoms with E-state index in [1.54, 1.807) is 24.3 Å². The van der Waals surface area contributed by atoms with Crippen LogP contribution in [0.3, 0.4) is 0 Å². The summed E-state index contributed by atoms with van der Waals surface area (Å²) in [5, 5.41) is 0. The number of hydrogen-bond donors (Lipinski definition) is 0. The number of halogens is 5. The molecule has 3 aromatic rings. The fourth-order valence-electron chi connectivity index (χ4n) is 4.13. The number of benzene rings is 3. The molecule has 0 aromatic heterocycles. The second kappa shape index (κ2) is 9.10. The number of amides is 3. The molecule has 0 N–H and O–H groups in total. The summed E-state index contributed by atoms with van der Waals surface area (Å²) in [5.74, 6) is -3.58. The minimum Gasteiger partial charge on any atom is -0.305 e. The first kappa shape index (κ1) is 26.0. The van der Waals surface area contributed by atoms with Crippen LogP contribution in [0.25, 0.3) is 0 Å². The Morgan fingerprint density at radius 2 is 1.57 bits per heavy atom. The number of hydrogen-bond acceptors (Lipinski definition) is 3. The van der Waals surface area contributed by atoms with E-state index in [9.17, 15) is 36.3 Å². The lowest BCUT2D eigenvalue weighted by Crippen LogP contribution is -2.43. The molecule has 4 rings (SSSR count). The summed E-state index contributed by atoms with van der Waals surface area (Å²) in [5.41, 5.74) is -2.21. The standard InChI is InChI=1S/C27H21F5N2O3/c1-15-4-6-16(7-5-15)23(35)20-12-18(28)9-8-17(20)14-33-25(37)34(24(36)26(33,2)3)19-10-11-22(29)21(13-19)27(30,31)32/h4-13H,14H2,1-3H3. The van der Waals surface area contributed by atoms with Gasteiger partial charge in [0.15, 0.2) is 5.78 Å². The Labute approximate surface area is 209 Å². The Morgan fingerprint density at radius 3 is 2.19 bits per heavy atom. The number of nitrogens with zero attached hydrogens (tertiary/aromatic N) is 2. The fraction of sp³-hybridized carbons (Fsp3) is 0.222. The smallest absolute Gasteiger partial charge is 0.305 e. The van der Waals surface area contributed by atoms with Crippen molar-refractivity contribution in [3.05, 3.63) is 100 Å². The lowest BCUT2D eigenvalue weighted by Gasteiger charge is -2.28. The largest absolute Gasteiger partial charge is 0.419 e. The number of aryl methyl sites for hydroxylation is 1. The molecule has 0 atom stereocenters. The van der Waals surface area contributed by atoms with Crippen LogP contribution < -0.4 is 4.90 Å². The monoisotopic (exact) mass is 516 g/mol. The number of imide groups is 1. The van der Waals surface area contributed by atoms with Crippen molar-refractivity contribution < 1.29 is 36.3 Å². The summed E-state index contributed by atoms with van der Waals surface area (Å²) in [6.45, 7) is 4.32. The number of anilines is 1. The summed E-state index contributed by atoms with van der Waals surface area (Å²) >= 11 is 0. The molecule has 0 unspecified atom stereocenters. The van der Waals surface area contributed by atoms with Gasteiger partial charge in [-0.3, -0.25) is 9.59 Å². The van der Waals surface area contributed by atoms with E-state index in [-0.39, 0.29) is 23.2 Å². The quantitative estimate of drug-likeness (QED) is 0.228. The van der Waals surface area contributed by atoms with E-state index < -0.39 is 52.3 Å². The summed E-state index contributed by atoms with van der Waals surface area (Å²) in [4.78, 5) is 41.3. The van der Waals surface area contributed by atoms with Crippen molar-refractivity contribution in [2.24, 2.45) is 0 Å². The van der Waals surface area contributed by atoms with Crippen molar-refractivity contribution >= 4 is 23.4 Å². The van der Waals surface area contributed by atoms with E-state index in [0.29, 0.717) is 17.0 Å². The molecule has 37 heavy (non-hydrogen) atoms. The van der Waals surface area contributed by atoms with Gasteiger partial charge >= 0.3 is 12.2 Å². The molecule has 3 aromatic carbocycles. The SMILES string of the molecule is Cc1ccc(C(=O)c2cc(F)ccc2CN2C(=O)N(c3ccc(F)c(C(F)(F)F)c3)C(=O)C2(C)C)cc1. The molecule has 1 saturated heterocycles. The number of urea groups is 1. The number of alkyl halides is 3. The van der Waals surface area contributed by atoms with Gasteiger partial charge in [0.1, 0.15) is 17.2 Å². The van der Waals surface area contributed by atoms with Gasteiger partial charge in [-0.05, 0) is 56.7 Å². The van der Waals surface area contributed by atoms with E-state index in [0.717, 1.165) is 28.7 Å². The topological polar surface area (TPSA) is 57.7 Å². The maximum Gasteiger partial charge on any atom is 0.419 e. The van der Waals surface area contributed by atoms with Gasteiger partial charge in [0.2, 0.25) is 0 Å². The van der Waals surface area contributed by atoms with Gasteiger partial charge in [-0.15, -0.1) is 0 Å². The zero-order chi connectivity index (χ0) is 27.3. The van der Waals surface area contributed by atoms with Gasteiger partial charge < -0.3 is 4.90 Å². The van der Waals surface area contributed by atoms with Crippen LogP contribution in [0.4, 0.5) is 32.4 Å². The minimum atomic E-state index is -5.04. The van der Waals surface area contributed by atoms with Crippen molar-refractivity contribution in [2.75, 3.05) is 4.90 Å². The molecule has 192 valence electrons. The minimum absolute atomic E-state index is 0.0282. The second-order valence-electron chi connectivity index (χ2n) is 9.23. The molecule has 0 saturated carbocycles. The van der Waals surface area contributed by atoms with Crippen LogP contribution in [-0.4, -0.2) is 28.2 Å². The predicted octanol–water partition coefficient (Wildman–Crippen LogP) is 6.27. The van der Waals surface area contributed by atoms with Crippen LogP contribution in [-0.2, 0) is 17.5 Å². The Morgan fingerprint density at radius 1 is 0.919 bits per heavy atom. The third kappa shape index (κ3) is 4.71. The van der Waals surface area contributed by atoms with Gasteiger partial charge in [-0.1, -0.05) is 35.9 Å². The first-order valence-corrected chi connectivity index (χ1v) is 11.1. The average Bonchev–Trinajstić information content (AvgIpc) is 2.99. The Balaban J connectivity index is 1.72. The maximum absolute atomic E-state index is 14.1. The summed E-state index contributed by atoms with van der Waals surface area (Å²) in [7, 11) is 0. The molecular weight excluding hydrogens is 495 g/mol. The molecule has 0 radical (unpaired) electrons. The van der Waals surface area contributed by atoms with E-state index in [2.05, 4.69) is 0 Å². The molecule has 1 aliphatic heterocycles. The first-order chi connectivity index (χ1) is 17.2. The Bertz CT molecular complexity index is 1410. The van der Waals surface area contributed by atoms with Gasteiger partial charge in [0, 0.05) is 17.7 Å². The molecule has 0 spiro atoms. The molecule has 1 aliphatic rings. The number of carbonyl (C=O) groups is 3. The van der Waals surface area contributed by atoms with Crippen LogP contribution in [0.1, 0.15) is 46.5 Å². The number of rotatable bonds is 5. The number of ketones is 1. The lowest BCUT2D eigenvalue weighted by molar-refractivity contribution is -0.140. The Kier molecular flexibility index (Phi) is 6.39. The van der Waals surface area contributed by atoms with Crippen molar-refractivity contribution in [1.29, 1.82) is 0 Å². The molecule has 0 bridgehead atoms. The molecule has 1 heterocycles. The van der Waals surface area contributed by atoms with Crippen molar-refractivity contribution in [2.45, 2.75) is 39.0 Å². The Hall–Kier alpha value is -4.08. The zero-order valence-electron chi connectivity index (χ0n) is 20.0. The highest BCUT2D eigenvalue weighted by molar-refractivity contribution is 6.23. The molecule has 0 aliphatic carbocycles. The van der Waals surface area contributed by atoms with Crippen molar-refractivity contribution in [1.82, 2.24) is 4.90 Å². The zero-order valence-corrected chi connectivity index (χ0v) is 20.0.